The zero-order valence-corrected chi connectivity index (χ0v) is 19.4. The highest BCUT2D eigenvalue weighted by Gasteiger charge is 2.29. The molecule has 1 atom stereocenters. The summed E-state index contributed by atoms with van der Waals surface area (Å²) < 4.78 is 12.4. The topological polar surface area (TPSA) is 86.6 Å². The van der Waals surface area contributed by atoms with Crippen LogP contribution in [0.3, 0.4) is 0 Å². The van der Waals surface area contributed by atoms with E-state index in [0.29, 0.717) is 5.56 Å². The van der Waals surface area contributed by atoms with Gasteiger partial charge in [0, 0.05) is 27.5 Å². The Balaban J connectivity index is 1.39. The van der Waals surface area contributed by atoms with Gasteiger partial charge in [-0.25, -0.2) is 0 Å². The third kappa shape index (κ3) is 4.80. The summed E-state index contributed by atoms with van der Waals surface area (Å²) in [5, 5.41) is 2.21. The van der Waals surface area contributed by atoms with E-state index in [1.807, 2.05) is 66.9 Å². The standard InChI is InChI=1S/C25H24N2O5S/c1-15-12-19(16(2)27(15)17-8-10-18(31-3)11-9-17)21(28)14-32-24(29)13-23-25(30)26-20-6-4-5-7-22(20)33-23/h4-12,23H,13-14H2,1-3H3,(H,26,30)/t23-/m1/s1. The van der Waals surface area contributed by atoms with Crippen molar-refractivity contribution >= 4 is 35.1 Å². The van der Waals surface area contributed by atoms with Crippen molar-refractivity contribution in [2.75, 3.05) is 19.0 Å². The van der Waals surface area contributed by atoms with Gasteiger partial charge in [0.1, 0.15) is 5.75 Å². The molecule has 0 unspecified atom stereocenters. The van der Waals surface area contributed by atoms with E-state index in [4.69, 9.17) is 9.47 Å². The maximum Gasteiger partial charge on any atom is 0.307 e. The van der Waals surface area contributed by atoms with Gasteiger partial charge in [-0.05, 0) is 56.3 Å². The van der Waals surface area contributed by atoms with Gasteiger partial charge >= 0.3 is 5.97 Å². The van der Waals surface area contributed by atoms with Crippen molar-refractivity contribution in [3.63, 3.8) is 0 Å². The van der Waals surface area contributed by atoms with Gasteiger partial charge in [-0.15, -0.1) is 11.8 Å². The van der Waals surface area contributed by atoms with Crippen LogP contribution < -0.4 is 10.1 Å². The molecule has 0 radical (unpaired) electrons. The number of esters is 1. The number of aromatic nitrogens is 1. The number of aryl methyl sites for hydroxylation is 1. The number of carbonyl (C=O) groups is 3. The van der Waals surface area contributed by atoms with Crippen molar-refractivity contribution in [1.82, 2.24) is 4.57 Å². The first-order valence-corrected chi connectivity index (χ1v) is 11.3. The van der Waals surface area contributed by atoms with E-state index in [0.717, 1.165) is 33.4 Å². The molecule has 4 rings (SSSR count). The molecule has 0 aliphatic carbocycles. The van der Waals surface area contributed by atoms with Gasteiger partial charge in [0.2, 0.25) is 11.7 Å². The molecule has 0 saturated heterocycles. The third-order valence-corrected chi connectivity index (χ3v) is 6.76. The number of thioether (sulfide) groups is 1. The minimum Gasteiger partial charge on any atom is -0.497 e. The second kappa shape index (κ2) is 9.54. The molecule has 170 valence electrons. The number of anilines is 1. The Labute approximate surface area is 196 Å². The second-order valence-electron chi connectivity index (χ2n) is 7.70. The van der Waals surface area contributed by atoms with Crippen LogP contribution in [-0.2, 0) is 14.3 Å². The number of rotatable bonds is 7. The van der Waals surface area contributed by atoms with Crippen LogP contribution in [0, 0.1) is 13.8 Å². The third-order valence-electron chi connectivity index (χ3n) is 5.49. The summed E-state index contributed by atoms with van der Waals surface area (Å²) in [6, 6.07) is 16.7. The number of Topliss-reactive ketones (excluding diaryl/α,β-unsaturated/α-hetero) is 1. The summed E-state index contributed by atoms with van der Waals surface area (Å²) in [4.78, 5) is 38.3. The maximum atomic E-state index is 12.8. The van der Waals surface area contributed by atoms with E-state index >= 15 is 0 Å². The highest BCUT2D eigenvalue weighted by Crippen LogP contribution is 2.36. The molecule has 33 heavy (non-hydrogen) atoms. The fourth-order valence-electron chi connectivity index (χ4n) is 3.83. The first-order chi connectivity index (χ1) is 15.9. The molecule has 1 N–H and O–H groups in total. The van der Waals surface area contributed by atoms with Gasteiger partial charge in [-0.3, -0.25) is 14.4 Å². The van der Waals surface area contributed by atoms with E-state index in [1.165, 1.54) is 11.8 Å². The number of para-hydroxylation sites is 1. The number of hydrogen-bond donors (Lipinski definition) is 1. The lowest BCUT2D eigenvalue weighted by atomic mass is 10.1. The Morgan fingerprint density at radius 2 is 1.82 bits per heavy atom. The number of amides is 1. The Hall–Kier alpha value is -3.52. The summed E-state index contributed by atoms with van der Waals surface area (Å²) in [5.41, 5.74) is 3.79. The molecule has 1 aromatic heterocycles. The van der Waals surface area contributed by atoms with Crippen molar-refractivity contribution in [3.8, 4) is 11.4 Å². The first kappa shape index (κ1) is 22.7. The van der Waals surface area contributed by atoms with Gasteiger partial charge in [0.25, 0.3) is 0 Å². The number of benzene rings is 2. The lowest BCUT2D eigenvalue weighted by Crippen LogP contribution is -2.31. The Morgan fingerprint density at radius 3 is 2.55 bits per heavy atom. The number of hydrogen-bond acceptors (Lipinski definition) is 6. The molecule has 2 heterocycles. The van der Waals surface area contributed by atoms with Crippen molar-refractivity contribution < 1.29 is 23.9 Å². The Bertz CT molecular complexity index is 1220. The summed E-state index contributed by atoms with van der Waals surface area (Å²) in [7, 11) is 1.61. The van der Waals surface area contributed by atoms with Crippen molar-refractivity contribution in [2.45, 2.75) is 30.4 Å². The number of methoxy groups -OCH3 is 1. The van der Waals surface area contributed by atoms with Crippen LogP contribution in [-0.4, -0.2) is 41.2 Å². The van der Waals surface area contributed by atoms with E-state index < -0.39 is 11.2 Å². The molecule has 0 spiro atoms. The molecule has 8 heteroatoms. The van der Waals surface area contributed by atoms with E-state index in [1.54, 1.807) is 13.2 Å². The fraction of sp³-hybridized carbons (Fsp3) is 0.240. The molecule has 1 amide bonds. The molecular formula is C25H24N2O5S. The zero-order valence-electron chi connectivity index (χ0n) is 18.6. The van der Waals surface area contributed by atoms with Crippen LogP contribution in [0.2, 0.25) is 0 Å². The maximum absolute atomic E-state index is 12.8. The van der Waals surface area contributed by atoms with Gasteiger partial charge in [0.15, 0.2) is 6.61 Å². The number of carbonyl (C=O) groups excluding carboxylic acids is 3. The normalized spacial score (nSPS) is 14.9. The molecule has 3 aromatic rings. The molecule has 1 aliphatic rings. The minimum atomic E-state index is -0.595. The van der Waals surface area contributed by atoms with Gasteiger partial charge in [0.05, 0.1) is 24.5 Å². The van der Waals surface area contributed by atoms with Crippen molar-refractivity contribution in [1.29, 1.82) is 0 Å². The van der Waals surface area contributed by atoms with Crippen LogP contribution in [0.1, 0.15) is 28.2 Å². The molecule has 2 aromatic carbocycles. The number of nitrogens with one attached hydrogen (secondary N) is 1. The fourth-order valence-corrected chi connectivity index (χ4v) is 4.93. The molecule has 1 aliphatic heterocycles. The number of fused-ring (bicyclic) bond motifs is 1. The largest absolute Gasteiger partial charge is 0.497 e. The van der Waals surface area contributed by atoms with E-state index in [2.05, 4.69) is 5.32 Å². The summed E-state index contributed by atoms with van der Waals surface area (Å²) in [5.74, 6) is -0.371. The Morgan fingerprint density at radius 1 is 1.09 bits per heavy atom. The summed E-state index contributed by atoms with van der Waals surface area (Å²) in [6.07, 6.45) is -0.108. The van der Waals surface area contributed by atoms with Crippen LogP contribution in [0.25, 0.3) is 5.69 Å². The molecular weight excluding hydrogens is 440 g/mol. The Kier molecular flexibility index (Phi) is 6.55. The highest BCUT2D eigenvalue weighted by atomic mass is 32.2. The molecule has 0 fully saturated rings. The molecule has 0 bridgehead atoms. The predicted molar refractivity (Wildman–Crippen MR) is 126 cm³/mol. The highest BCUT2D eigenvalue weighted by molar-refractivity contribution is 8.01. The monoisotopic (exact) mass is 464 g/mol. The zero-order chi connectivity index (χ0) is 23.5. The lowest BCUT2D eigenvalue weighted by Gasteiger charge is -2.23. The van der Waals surface area contributed by atoms with Crippen LogP contribution in [0.5, 0.6) is 5.75 Å². The van der Waals surface area contributed by atoms with Crippen LogP contribution in [0.4, 0.5) is 5.69 Å². The average Bonchev–Trinajstić information content (AvgIpc) is 3.12. The molecule has 0 saturated carbocycles. The predicted octanol–water partition coefficient (Wildman–Crippen LogP) is 4.33. The molecule has 7 nitrogen and oxygen atoms in total. The summed E-state index contributed by atoms with van der Waals surface area (Å²) >= 11 is 1.32. The average molecular weight is 465 g/mol. The minimum absolute atomic E-state index is 0.108. The first-order valence-electron chi connectivity index (χ1n) is 10.5. The van der Waals surface area contributed by atoms with Gasteiger partial charge in [-0.1, -0.05) is 12.1 Å². The quantitative estimate of drug-likeness (QED) is 0.414. The SMILES string of the molecule is COc1ccc(-n2c(C)cc(C(=O)COC(=O)C[C@H]3Sc4ccccc4NC3=O)c2C)cc1. The van der Waals surface area contributed by atoms with E-state index in [9.17, 15) is 14.4 Å². The van der Waals surface area contributed by atoms with Crippen LogP contribution >= 0.6 is 11.8 Å². The number of ether oxygens (including phenoxy) is 2. The van der Waals surface area contributed by atoms with Crippen molar-refractivity contribution in [3.05, 3.63) is 71.5 Å². The lowest BCUT2D eigenvalue weighted by molar-refractivity contribution is -0.143. The van der Waals surface area contributed by atoms with E-state index in [-0.39, 0.29) is 24.7 Å². The number of ketones is 1. The van der Waals surface area contributed by atoms with Gasteiger partial charge in [-0.2, -0.15) is 0 Å². The van der Waals surface area contributed by atoms with Crippen LogP contribution in [0.15, 0.2) is 59.5 Å². The summed E-state index contributed by atoms with van der Waals surface area (Å²) in [6.45, 7) is 3.39. The number of nitrogens with zero attached hydrogens (tertiary/aromatic N) is 1. The second-order valence-corrected chi connectivity index (χ2v) is 8.94. The smallest absolute Gasteiger partial charge is 0.307 e. The van der Waals surface area contributed by atoms with Gasteiger partial charge < -0.3 is 19.4 Å². The van der Waals surface area contributed by atoms with Crippen molar-refractivity contribution in [2.24, 2.45) is 0 Å².